The van der Waals surface area contributed by atoms with E-state index in [2.05, 4.69) is 5.32 Å². The van der Waals surface area contributed by atoms with E-state index in [0.29, 0.717) is 23.3 Å². The number of alkyl carbamates (subject to hydrolysis) is 1. The van der Waals surface area contributed by atoms with Crippen LogP contribution in [0.15, 0.2) is 36.4 Å². The number of amides is 3. The van der Waals surface area contributed by atoms with Gasteiger partial charge < -0.3 is 25.0 Å². The number of rotatable bonds is 6. The van der Waals surface area contributed by atoms with Crippen LogP contribution in [0.4, 0.5) is 40.3 Å². The van der Waals surface area contributed by atoms with Crippen LogP contribution in [0.5, 0.6) is 0 Å². The molecule has 14 heteroatoms. The Hall–Kier alpha value is -3.55. The van der Waals surface area contributed by atoms with E-state index in [1.54, 1.807) is 6.92 Å². The summed E-state index contributed by atoms with van der Waals surface area (Å²) in [7, 11) is 1.27. The molecule has 1 aliphatic heterocycles. The number of aliphatic hydroxyl groups is 1. The zero-order chi connectivity index (χ0) is 30.7. The van der Waals surface area contributed by atoms with Crippen molar-refractivity contribution < 1.29 is 50.2 Å². The standard InChI is InChI=1S/C27H30F7N3O4/c1-15-10-20(28)4-5-22(15)23-14-21(35-24(39)41-9-8-38)6-7-37(23)25(40)36(3)16(2)17-11-18(26(29,30)31)13-19(12-17)27(32,33)34/h4-5,10-13,16,21,23,38H,6-9,14H2,1-3H3,(H,35,39)/t16?,21-,23+/m0/s1. The van der Waals surface area contributed by atoms with Crippen molar-refractivity contribution in [2.45, 2.75) is 57.2 Å². The van der Waals surface area contributed by atoms with Crippen molar-refractivity contribution in [1.29, 1.82) is 0 Å². The maximum atomic E-state index is 13.8. The van der Waals surface area contributed by atoms with Gasteiger partial charge in [-0.05, 0) is 73.7 Å². The maximum Gasteiger partial charge on any atom is 0.416 e. The van der Waals surface area contributed by atoms with Gasteiger partial charge in [-0.2, -0.15) is 26.3 Å². The molecule has 226 valence electrons. The maximum absolute atomic E-state index is 13.8. The minimum atomic E-state index is -5.04. The molecule has 0 aliphatic carbocycles. The molecule has 3 atom stereocenters. The lowest BCUT2D eigenvalue weighted by molar-refractivity contribution is -0.143. The van der Waals surface area contributed by atoms with E-state index in [-0.39, 0.29) is 44.2 Å². The van der Waals surface area contributed by atoms with Crippen LogP contribution in [0.25, 0.3) is 0 Å². The normalized spacial score (nSPS) is 18.6. The summed E-state index contributed by atoms with van der Waals surface area (Å²) < 4.78 is 99.2. The molecule has 1 heterocycles. The molecule has 1 aliphatic rings. The van der Waals surface area contributed by atoms with E-state index in [9.17, 15) is 40.3 Å². The summed E-state index contributed by atoms with van der Waals surface area (Å²) >= 11 is 0. The van der Waals surface area contributed by atoms with Crippen LogP contribution in [-0.4, -0.2) is 59.9 Å². The molecule has 0 aromatic heterocycles. The first-order chi connectivity index (χ1) is 19.0. The second kappa shape index (κ2) is 12.5. The number of halogens is 7. The van der Waals surface area contributed by atoms with Gasteiger partial charge in [0, 0.05) is 19.6 Å². The molecule has 2 aromatic rings. The lowest BCUT2D eigenvalue weighted by Gasteiger charge is -2.43. The lowest BCUT2D eigenvalue weighted by Crippen LogP contribution is -2.51. The predicted octanol–water partition coefficient (Wildman–Crippen LogP) is 6.21. The van der Waals surface area contributed by atoms with Crippen LogP contribution < -0.4 is 5.32 Å². The molecule has 0 bridgehead atoms. The number of likely N-dealkylation sites (tertiary alicyclic amines) is 1. The number of hydrogen-bond donors (Lipinski definition) is 2. The molecule has 0 radical (unpaired) electrons. The van der Waals surface area contributed by atoms with Gasteiger partial charge >= 0.3 is 24.5 Å². The molecule has 0 saturated carbocycles. The van der Waals surface area contributed by atoms with Gasteiger partial charge in [0.2, 0.25) is 0 Å². The third-order valence-electron chi connectivity index (χ3n) is 7.06. The van der Waals surface area contributed by atoms with Gasteiger partial charge in [0.1, 0.15) is 12.4 Å². The van der Waals surface area contributed by atoms with Gasteiger partial charge in [0.05, 0.1) is 29.8 Å². The number of hydrogen-bond acceptors (Lipinski definition) is 4. The van der Waals surface area contributed by atoms with Crippen molar-refractivity contribution in [1.82, 2.24) is 15.1 Å². The van der Waals surface area contributed by atoms with Gasteiger partial charge in [-0.15, -0.1) is 0 Å². The fourth-order valence-electron chi connectivity index (χ4n) is 4.79. The van der Waals surface area contributed by atoms with Crippen LogP contribution in [-0.2, 0) is 17.1 Å². The Balaban J connectivity index is 1.93. The molecule has 2 N–H and O–H groups in total. The molecule has 1 saturated heterocycles. The van der Waals surface area contributed by atoms with Crippen molar-refractivity contribution in [3.8, 4) is 0 Å². The van der Waals surface area contributed by atoms with Gasteiger partial charge in [-0.1, -0.05) is 6.07 Å². The van der Waals surface area contributed by atoms with Crippen LogP contribution in [0.2, 0.25) is 0 Å². The van der Waals surface area contributed by atoms with Crippen LogP contribution >= 0.6 is 0 Å². The Morgan fingerprint density at radius 1 is 1.10 bits per heavy atom. The summed E-state index contributed by atoms with van der Waals surface area (Å²) in [5, 5.41) is 11.5. The molecule has 7 nitrogen and oxygen atoms in total. The second-order valence-corrected chi connectivity index (χ2v) is 9.84. The van der Waals surface area contributed by atoms with Crippen LogP contribution in [0, 0.1) is 12.7 Å². The molecule has 0 spiro atoms. The van der Waals surface area contributed by atoms with E-state index >= 15 is 0 Å². The predicted molar refractivity (Wildman–Crippen MR) is 133 cm³/mol. The Bertz CT molecular complexity index is 1220. The second-order valence-electron chi connectivity index (χ2n) is 9.84. The van der Waals surface area contributed by atoms with Crippen molar-refractivity contribution in [3.63, 3.8) is 0 Å². The average Bonchev–Trinajstić information content (AvgIpc) is 2.89. The van der Waals surface area contributed by atoms with Crippen molar-refractivity contribution >= 4 is 12.1 Å². The molecule has 1 unspecified atom stereocenters. The summed E-state index contributed by atoms with van der Waals surface area (Å²) in [6.07, 6.45) is -10.5. The summed E-state index contributed by atoms with van der Waals surface area (Å²) in [4.78, 5) is 28.2. The van der Waals surface area contributed by atoms with Gasteiger partial charge in [0.15, 0.2) is 0 Å². The molecule has 1 fully saturated rings. The number of piperidine rings is 1. The minimum Gasteiger partial charge on any atom is -0.447 e. The average molecular weight is 594 g/mol. The summed E-state index contributed by atoms with van der Waals surface area (Å²) in [6.45, 7) is 2.40. The van der Waals surface area contributed by atoms with Gasteiger partial charge in [0.25, 0.3) is 0 Å². The van der Waals surface area contributed by atoms with Crippen molar-refractivity contribution in [2.24, 2.45) is 0 Å². The van der Waals surface area contributed by atoms with Crippen molar-refractivity contribution in [3.05, 3.63) is 70.0 Å². The van der Waals surface area contributed by atoms with Crippen LogP contribution in [0.1, 0.15) is 59.7 Å². The minimum absolute atomic E-state index is 0.0225. The Morgan fingerprint density at radius 2 is 1.71 bits per heavy atom. The fourth-order valence-corrected chi connectivity index (χ4v) is 4.79. The molecule has 3 amide bonds. The number of nitrogens with zero attached hydrogens (tertiary/aromatic N) is 2. The van der Waals surface area contributed by atoms with E-state index in [4.69, 9.17) is 9.84 Å². The third-order valence-corrected chi connectivity index (χ3v) is 7.06. The Morgan fingerprint density at radius 3 is 2.24 bits per heavy atom. The number of aryl methyl sites for hydroxylation is 1. The van der Waals surface area contributed by atoms with Crippen molar-refractivity contribution in [2.75, 3.05) is 26.8 Å². The smallest absolute Gasteiger partial charge is 0.416 e. The number of nitrogens with one attached hydrogen (secondary N) is 1. The monoisotopic (exact) mass is 593 g/mol. The summed E-state index contributed by atoms with van der Waals surface area (Å²) in [5.41, 5.74) is -2.29. The topological polar surface area (TPSA) is 82.1 Å². The number of carbonyl (C=O) groups is 2. The Labute approximate surface area is 231 Å². The van der Waals surface area contributed by atoms with E-state index in [1.807, 2.05) is 0 Å². The third kappa shape index (κ3) is 7.80. The van der Waals surface area contributed by atoms with E-state index in [0.717, 1.165) is 4.90 Å². The van der Waals surface area contributed by atoms with Gasteiger partial charge in [-0.3, -0.25) is 0 Å². The number of ether oxygens (including phenoxy) is 1. The SMILES string of the molecule is Cc1cc(F)ccc1[C@H]1C[C@@H](NC(=O)OCCO)CCN1C(=O)N(C)C(C)c1cc(C(F)(F)F)cc(C(F)(F)F)c1. The Kier molecular flexibility index (Phi) is 9.77. The molecule has 2 aromatic carbocycles. The summed E-state index contributed by atoms with van der Waals surface area (Å²) in [6, 6.07) is 2.05. The first-order valence-corrected chi connectivity index (χ1v) is 12.7. The molecular formula is C27H30F7N3O4. The highest BCUT2D eigenvalue weighted by Gasteiger charge is 2.39. The summed E-state index contributed by atoms with van der Waals surface area (Å²) in [5.74, 6) is -0.516. The molecule has 3 rings (SSSR count). The van der Waals surface area contributed by atoms with Crippen LogP contribution in [0.3, 0.4) is 0 Å². The highest BCUT2D eigenvalue weighted by molar-refractivity contribution is 5.76. The zero-order valence-electron chi connectivity index (χ0n) is 22.4. The lowest BCUT2D eigenvalue weighted by atomic mass is 9.89. The van der Waals surface area contributed by atoms with E-state index in [1.165, 1.54) is 37.1 Å². The number of carbonyl (C=O) groups excluding carboxylic acids is 2. The quantitative estimate of drug-likeness (QED) is 0.391. The van der Waals surface area contributed by atoms with Gasteiger partial charge in [-0.25, -0.2) is 14.0 Å². The highest BCUT2D eigenvalue weighted by Crippen LogP contribution is 2.39. The molecule has 41 heavy (non-hydrogen) atoms. The number of alkyl halides is 6. The first-order valence-electron chi connectivity index (χ1n) is 12.7. The zero-order valence-corrected chi connectivity index (χ0v) is 22.4. The number of aliphatic hydroxyl groups excluding tert-OH is 1. The fraction of sp³-hybridized carbons (Fsp3) is 0.481. The highest BCUT2D eigenvalue weighted by atomic mass is 19.4. The number of benzene rings is 2. The van der Waals surface area contributed by atoms with E-state index < -0.39 is 59.5 Å². The largest absolute Gasteiger partial charge is 0.447 e. The molecular weight excluding hydrogens is 563 g/mol. The first kappa shape index (κ1) is 32.0. The number of urea groups is 1.